The van der Waals surface area contributed by atoms with E-state index < -0.39 is 29.8 Å². The van der Waals surface area contributed by atoms with Crippen molar-refractivity contribution in [3.8, 4) is 17.2 Å². The molecule has 0 atom stereocenters. The molecular formula is C31H32O12. The highest BCUT2D eigenvalue weighted by Gasteiger charge is 2.14. The Hall–Kier alpha value is -5.39. The lowest BCUT2D eigenvalue weighted by atomic mass is 10.2. The van der Waals surface area contributed by atoms with Gasteiger partial charge in [0, 0.05) is 17.2 Å². The molecule has 0 saturated heterocycles. The second kappa shape index (κ2) is 18.1. The zero-order valence-electron chi connectivity index (χ0n) is 23.8. The molecule has 0 aliphatic rings. The highest BCUT2D eigenvalue weighted by Crippen LogP contribution is 2.18. The minimum Gasteiger partial charge on any atom is -0.490 e. The lowest BCUT2D eigenvalue weighted by molar-refractivity contribution is -0.144. The maximum atomic E-state index is 12.2. The van der Waals surface area contributed by atoms with Crippen LogP contribution < -0.4 is 14.2 Å². The number of hydrogen-bond donors (Lipinski definition) is 0. The van der Waals surface area contributed by atoms with Crippen LogP contribution in [0.1, 0.15) is 18.4 Å². The van der Waals surface area contributed by atoms with E-state index in [0.29, 0.717) is 22.8 Å². The van der Waals surface area contributed by atoms with Crippen LogP contribution in [0.2, 0.25) is 0 Å². The zero-order valence-corrected chi connectivity index (χ0v) is 23.8. The van der Waals surface area contributed by atoms with Gasteiger partial charge in [0.1, 0.15) is 43.7 Å². The van der Waals surface area contributed by atoms with Gasteiger partial charge in [0.25, 0.3) is 0 Å². The van der Waals surface area contributed by atoms with Crippen molar-refractivity contribution in [1.29, 1.82) is 0 Å². The molecule has 0 radical (unpaired) electrons. The molecule has 2 rings (SSSR count). The predicted octanol–water partition coefficient (Wildman–Crippen LogP) is 3.39. The van der Waals surface area contributed by atoms with Crippen molar-refractivity contribution in [2.24, 2.45) is 0 Å². The number of carbonyl (C=O) groups is 5. The van der Waals surface area contributed by atoms with Crippen LogP contribution in [0.3, 0.4) is 0 Å². The first-order chi connectivity index (χ1) is 20.6. The molecule has 0 spiro atoms. The van der Waals surface area contributed by atoms with Gasteiger partial charge in [0.2, 0.25) is 0 Å². The summed E-state index contributed by atoms with van der Waals surface area (Å²) in [6.45, 7) is 7.03. The number of esters is 5. The van der Waals surface area contributed by atoms with Crippen molar-refractivity contribution in [2.45, 2.75) is 12.8 Å². The molecule has 0 aliphatic heterocycles. The van der Waals surface area contributed by atoms with Gasteiger partial charge in [-0.2, -0.15) is 0 Å². The van der Waals surface area contributed by atoms with E-state index in [0.717, 1.165) is 0 Å². The van der Waals surface area contributed by atoms with E-state index >= 15 is 0 Å². The molecule has 0 amide bonds. The molecule has 43 heavy (non-hydrogen) atoms. The van der Waals surface area contributed by atoms with Crippen molar-refractivity contribution in [2.75, 3.05) is 40.6 Å². The summed E-state index contributed by atoms with van der Waals surface area (Å²) in [5.41, 5.74) is 0.685. The highest BCUT2D eigenvalue weighted by atomic mass is 16.6. The molecule has 0 bridgehead atoms. The summed E-state index contributed by atoms with van der Waals surface area (Å²) in [5.74, 6) is -1.91. The van der Waals surface area contributed by atoms with E-state index in [4.69, 9.17) is 23.7 Å². The van der Waals surface area contributed by atoms with Crippen molar-refractivity contribution < 1.29 is 57.1 Å². The molecule has 0 aromatic heterocycles. The van der Waals surface area contributed by atoms with E-state index in [9.17, 15) is 24.0 Å². The Morgan fingerprint density at radius 3 is 1.49 bits per heavy atom. The normalized spacial score (nSPS) is 10.3. The molecule has 228 valence electrons. The summed E-state index contributed by atoms with van der Waals surface area (Å²) < 4.78 is 35.2. The average molecular weight is 597 g/mol. The molecule has 2 aromatic carbocycles. The highest BCUT2D eigenvalue weighted by molar-refractivity contribution is 5.93. The summed E-state index contributed by atoms with van der Waals surface area (Å²) in [6.07, 6.45) is 2.33. The fourth-order valence-corrected chi connectivity index (χ4v) is 3.02. The molecule has 0 heterocycles. The van der Waals surface area contributed by atoms with Crippen LogP contribution in [0, 0.1) is 0 Å². The van der Waals surface area contributed by atoms with E-state index in [-0.39, 0.29) is 50.4 Å². The second-order valence-electron chi connectivity index (χ2n) is 8.48. The van der Waals surface area contributed by atoms with Gasteiger partial charge < -0.3 is 33.2 Å². The lowest BCUT2D eigenvalue weighted by Crippen LogP contribution is -2.15. The number of rotatable bonds is 17. The van der Waals surface area contributed by atoms with Crippen LogP contribution in [0.15, 0.2) is 78.9 Å². The number of hydrogen-bond acceptors (Lipinski definition) is 12. The topological polar surface area (TPSA) is 150 Å². The van der Waals surface area contributed by atoms with Crippen LogP contribution >= 0.6 is 0 Å². The van der Waals surface area contributed by atoms with Crippen LogP contribution in [0.5, 0.6) is 17.2 Å². The van der Waals surface area contributed by atoms with E-state index in [2.05, 4.69) is 22.6 Å². The third-order valence-electron chi connectivity index (χ3n) is 5.25. The minimum absolute atomic E-state index is 0.0110. The van der Waals surface area contributed by atoms with E-state index in [1.165, 1.54) is 20.3 Å². The molecule has 2 aromatic rings. The Morgan fingerprint density at radius 2 is 1.05 bits per heavy atom. The van der Waals surface area contributed by atoms with Crippen molar-refractivity contribution in [1.82, 2.24) is 0 Å². The van der Waals surface area contributed by atoms with Gasteiger partial charge in [-0.3, -0.25) is 9.59 Å². The lowest BCUT2D eigenvalue weighted by Gasteiger charge is -2.09. The fourth-order valence-electron chi connectivity index (χ4n) is 3.02. The maximum absolute atomic E-state index is 12.2. The van der Waals surface area contributed by atoms with Crippen molar-refractivity contribution >= 4 is 35.9 Å². The quantitative estimate of drug-likeness (QED) is 0.0866. The Balaban J connectivity index is 1.68. The SMILES string of the molecule is C=C(CC(=O)OC)C(=O)OCCOc1ccc(/C=C/C(=O)Oc2ccc(OCCOC(=O)C(=C)CC(=O)OC)cc2)cc1. The van der Waals surface area contributed by atoms with Gasteiger partial charge in [0.15, 0.2) is 0 Å². The minimum atomic E-state index is -0.716. The summed E-state index contributed by atoms with van der Waals surface area (Å²) in [6, 6.07) is 13.1. The monoisotopic (exact) mass is 596 g/mol. The van der Waals surface area contributed by atoms with Gasteiger partial charge >= 0.3 is 29.8 Å². The van der Waals surface area contributed by atoms with Gasteiger partial charge in [-0.25, -0.2) is 14.4 Å². The van der Waals surface area contributed by atoms with Crippen molar-refractivity contribution in [3.63, 3.8) is 0 Å². The van der Waals surface area contributed by atoms with Gasteiger partial charge in [0.05, 0.1) is 27.1 Å². The molecular weight excluding hydrogens is 564 g/mol. The molecule has 0 aliphatic carbocycles. The van der Waals surface area contributed by atoms with Crippen molar-refractivity contribution in [3.05, 3.63) is 84.5 Å². The zero-order chi connectivity index (χ0) is 31.6. The third kappa shape index (κ3) is 13.2. The molecule has 0 saturated carbocycles. The smallest absolute Gasteiger partial charge is 0.336 e. The maximum Gasteiger partial charge on any atom is 0.336 e. The van der Waals surface area contributed by atoms with Crippen LogP contribution in [-0.4, -0.2) is 70.5 Å². The first-order valence-electron chi connectivity index (χ1n) is 12.8. The number of ether oxygens (including phenoxy) is 7. The summed E-state index contributed by atoms with van der Waals surface area (Å²) in [7, 11) is 2.42. The average Bonchev–Trinajstić information content (AvgIpc) is 3.01. The molecule has 0 N–H and O–H groups in total. The number of benzene rings is 2. The Kier molecular flexibility index (Phi) is 14.3. The molecule has 0 unspecified atom stereocenters. The molecule has 12 nitrogen and oxygen atoms in total. The van der Waals surface area contributed by atoms with Crippen LogP contribution in [-0.2, 0) is 42.9 Å². The van der Waals surface area contributed by atoms with Crippen LogP contribution in [0.25, 0.3) is 6.08 Å². The van der Waals surface area contributed by atoms with E-state index in [1.54, 1.807) is 54.6 Å². The van der Waals surface area contributed by atoms with Gasteiger partial charge in [-0.05, 0) is 48.0 Å². The Bertz CT molecular complexity index is 1320. The third-order valence-corrected chi connectivity index (χ3v) is 5.25. The van der Waals surface area contributed by atoms with Crippen LogP contribution in [0.4, 0.5) is 0 Å². The summed E-state index contributed by atoms with van der Waals surface area (Å²) in [5, 5.41) is 0. The molecule has 12 heteroatoms. The Labute approximate surface area is 248 Å². The first-order valence-corrected chi connectivity index (χ1v) is 12.8. The predicted molar refractivity (Wildman–Crippen MR) is 152 cm³/mol. The Morgan fingerprint density at radius 1 is 0.628 bits per heavy atom. The summed E-state index contributed by atoms with van der Waals surface area (Å²) in [4.78, 5) is 58.0. The molecule has 0 fully saturated rings. The fraction of sp³-hybridized carbons (Fsp3) is 0.258. The van der Waals surface area contributed by atoms with Gasteiger partial charge in [-0.15, -0.1) is 0 Å². The first kappa shape index (κ1) is 33.8. The van der Waals surface area contributed by atoms with Gasteiger partial charge in [-0.1, -0.05) is 25.3 Å². The summed E-state index contributed by atoms with van der Waals surface area (Å²) >= 11 is 0. The largest absolute Gasteiger partial charge is 0.490 e. The number of methoxy groups -OCH3 is 2. The number of carbonyl (C=O) groups excluding carboxylic acids is 5. The van der Waals surface area contributed by atoms with E-state index in [1.807, 2.05) is 0 Å². The second-order valence-corrected chi connectivity index (χ2v) is 8.48. The standard InChI is InChI=1S/C31H32O12/c1-21(19-28(33)37-3)30(35)41-17-15-39-24-8-5-23(6-9-24)7-14-27(32)43-26-12-10-25(11-13-26)40-16-18-42-31(36)22(2)20-29(34)38-4/h5-14H,1-2,15-20H2,3-4H3/b14-7+.